The molecule has 2 rings (SSSR count). The van der Waals surface area contributed by atoms with Crippen LogP contribution in [0.3, 0.4) is 0 Å². The largest absolute Gasteiger partial charge is 0.330 e. The maximum atomic E-state index is 5.60. The first-order valence-corrected chi connectivity index (χ1v) is 6.99. The van der Waals surface area contributed by atoms with Crippen LogP contribution >= 0.6 is 11.3 Å². The molecule has 4 heteroatoms. The van der Waals surface area contributed by atoms with E-state index < -0.39 is 0 Å². The number of aromatic nitrogens is 1. The second-order valence-corrected chi connectivity index (χ2v) is 5.60. The molecule has 1 aliphatic heterocycles. The highest BCUT2D eigenvalue weighted by Crippen LogP contribution is 2.23. The molecule has 1 saturated heterocycles. The van der Waals surface area contributed by atoms with E-state index >= 15 is 0 Å². The van der Waals surface area contributed by atoms with E-state index in [0.29, 0.717) is 0 Å². The molecule has 0 aromatic carbocycles. The first kappa shape index (κ1) is 12.0. The predicted molar refractivity (Wildman–Crippen MR) is 68.5 cm³/mol. The SMILES string of the molecule is Cc1ncsc1CN1CCC(CCN)CC1. The van der Waals surface area contributed by atoms with Crippen molar-refractivity contribution in [2.24, 2.45) is 11.7 Å². The molecule has 1 aliphatic rings. The summed E-state index contributed by atoms with van der Waals surface area (Å²) in [5, 5.41) is 0. The van der Waals surface area contributed by atoms with Gasteiger partial charge in [0.25, 0.3) is 0 Å². The van der Waals surface area contributed by atoms with Gasteiger partial charge in [0.2, 0.25) is 0 Å². The molecule has 0 spiro atoms. The number of rotatable bonds is 4. The van der Waals surface area contributed by atoms with Crippen LogP contribution in [0, 0.1) is 12.8 Å². The molecule has 0 aliphatic carbocycles. The molecule has 16 heavy (non-hydrogen) atoms. The fraction of sp³-hybridized carbons (Fsp3) is 0.750. The third-order valence-corrected chi connectivity index (χ3v) is 4.41. The van der Waals surface area contributed by atoms with Gasteiger partial charge in [-0.05, 0) is 51.7 Å². The van der Waals surface area contributed by atoms with Crippen molar-refractivity contribution in [3.8, 4) is 0 Å². The first-order chi connectivity index (χ1) is 7.79. The van der Waals surface area contributed by atoms with Gasteiger partial charge in [-0.1, -0.05) is 0 Å². The highest BCUT2D eigenvalue weighted by molar-refractivity contribution is 7.09. The van der Waals surface area contributed by atoms with E-state index in [4.69, 9.17) is 5.73 Å². The zero-order valence-electron chi connectivity index (χ0n) is 9.98. The van der Waals surface area contributed by atoms with Crippen molar-refractivity contribution in [2.45, 2.75) is 32.7 Å². The Balaban J connectivity index is 1.79. The summed E-state index contributed by atoms with van der Waals surface area (Å²) in [4.78, 5) is 8.28. The number of piperidine rings is 1. The van der Waals surface area contributed by atoms with Crippen molar-refractivity contribution >= 4 is 11.3 Å². The zero-order valence-corrected chi connectivity index (χ0v) is 10.8. The predicted octanol–water partition coefficient (Wildman–Crippen LogP) is 2.01. The molecule has 0 saturated carbocycles. The monoisotopic (exact) mass is 239 g/mol. The average molecular weight is 239 g/mol. The van der Waals surface area contributed by atoms with Gasteiger partial charge in [-0.2, -0.15) is 0 Å². The van der Waals surface area contributed by atoms with E-state index in [2.05, 4.69) is 16.8 Å². The van der Waals surface area contributed by atoms with Gasteiger partial charge in [0, 0.05) is 11.4 Å². The molecule has 0 amide bonds. The van der Waals surface area contributed by atoms with Crippen molar-refractivity contribution in [3.63, 3.8) is 0 Å². The second kappa shape index (κ2) is 5.75. The van der Waals surface area contributed by atoms with Crippen LogP contribution in [0.5, 0.6) is 0 Å². The first-order valence-electron chi connectivity index (χ1n) is 6.11. The Hall–Kier alpha value is -0.450. The molecule has 0 radical (unpaired) electrons. The minimum atomic E-state index is 0.846. The van der Waals surface area contributed by atoms with Crippen LogP contribution in [-0.2, 0) is 6.54 Å². The molecular formula is C12H21N3S. The van der Waals surface area contributed by atoms with Crippen molar-refractivity contribution in [1.29, 1.82) is 0 Å². The Morgan fingerprint density at radius 1 is 1.50 bits per heavy atom. The van der Waals surface area contributed by atoms with E-state index in [9.17, 15) is 0 Å². The smallest absolute Gasteiger partial charge is 0.0798 e. The van der Waals surface area contributed by atoms with Crippen molar-refractivity contribution in [2.75, 3.05) is 19.6 Å². The van der Waals surface area contributed by atoms with Gasteiger partial charge in [0.15, 0.2) is 0 Å². The van der Waals surface area contributed by atoms with E-state index in [0.717, 1.165) is 19.0 Å². The number of thiazole rings is 1. The van der Waals surface area contributed by atoms with Gasteiger partial charge < -0.3 is 5.73 Å². The highest BCUT2D eigenvalue weighted by atomic mass is 32.1. The van der Waals surface area contributed by atoms with Gasteiger partial charge in [0.1, 0.15) is 0 Å². The summed E-state index contributed by atoms with van der Waals surface area (Å²) in [6.07, 6.45) is 3.83. The third kappa shape index (κ3) is 3.03. The van der Waals surface area contributed by atoms with E-state index in [-0.39, 0.29) is 0 Å². The molecule has 1 aromatic heterocycles. The maximum absolute atomic E-state index is 5.60. The molecule has 1 aromatic rings. The second-order valence-electron chi connectivity index (χ2n) is 4.66. The van der Waals surface area contributed by atoms with Crippen LogP contribution in [-0.4, -0.2) is 29.5 Å². The summed E-state index contributed by atoms with van der Waals surface area (Å²) in [5.41, 5.74) is 8.76. The Morgan fingerprint density at radius 2 is 2.25 bits per heavy atom. The Morgan fingerprint density at radius 3 is 2.81 bits per heavy atom. The molecule has 0 bridgehead atoms. The minimum Gasteiger partial charge on any atom is -0.330 e. The number of hydrogen-bond donors (Lipinski definition) is 1. The van der Waals surface area contributed by atoms with E-state index in [1.807, 2.05) is 5.51 Å². The van der Waals surface area contributed by atoms with Crippen molar-refractivity contribution in [1.82, 2.24) is 9.88 Å². The highest BCUT2D eigenvalue weighted by Gasteiger charge is 2.19. The standard InChI is InChI=1S/C12H21N3S/c1-10-12(16-9-14-10)8-15-6-3-11(2-5-13)4-7-15/h9,11H,2-8,13H2,1H3. The summed E-state index contributed by atoms with van der Waals surface area (Å²) >= 11 is 1.78. The van der Waals surface area contributed by atoms with Crippen LogP contribution in [0.2, 0.25) is 0 Å². The lowest BCUT2D eigenvalue weighted by molar-refractivity contribution is 0.174. The molecule has 3 nitrogen and oxygen atoms in total. The van der Waals surface area contributed by atoms with Crippen LogP contribution in [0.1, 0.15) is 29.8 Å². The summed E-state index contributed by atoms with van der Waals surface area (Å²) < 4.78 is 0. The Labute approximate surface area is 102 Å². The molecule has 2 heterocycles. The molecular weight excluding hydrogens is 218 g/mol. The van der Waals surface area contributed by atoms with Gasteiger partial charge in [-0.3, -0.25) is 4.90 Å². The van der Waals surface area contributed by atoms with Crippen LogP contribution in [0.25, 0.3) is 0 Å². The van der Waals surface area contributed by atoms with Crippen LogP contribution < -0.4 is 5.73 Å². The van der Waals surface area contributed by atoms with Gasteiger partial charge in [-0.15, -0.1) is 11.3 Å². The van der Waals surface area contributed by atoms with Gasteiger partial charge >= 0.3 is 0 Å². The lowest BCUT2D eigenvalue weighted by atomic mass is 9.93. The van der Waals surface area contributed by atoms with Crippen LogP contribution in [0.15, 0.2) is 5.51 Å². The molecule has 2 N–H and O–H groups in total. The number of likely N-dealkylation sites (tertiary alicyclic amines) is 1. The molecule has 0 unspecified atom stereocenters. The minimum absolute atomic E-state index is 0.846. The average Bonchev–Trinajstić information content (AvgIpc) is 2.68. The quantitative estimate of drug-likeness (QED) is 0.874. The fourth-order valence-corrected chi connectivity index (χ4v) is 3.17. The number of nitrogens with zero attached hydrogens (tertiary/aromatic N) is 2. The van der Waals surface area contributed by atoms with Crippen LogP contribution in [0.4, 0.5) is 0 Å². The van der Waals surface area contributed by atoms with E-state index in [1.165, 1.54) is 42.9 Å². The van der Waals surface area contributed by atoms with Crippen molar-refractivity contribution in [3.05, 3.63) is 16.1 Å². The number of nitrogens with two attached hydrogens (primary N) is 1. The van der Waals surface area contributed by atoms with Gasteiger partial charge in [-0.25, -0.2) is 4.98 Å². The van der Waals surface area contributed by atoms with Gasteiger partial charge in [0.05, 0.1) is 11.2 Å². The zero-order chi connectivity index (χ0) is 11.4. The molecule has 1 fully saturated rings. The summed E-state index contributed by atoms with van der Waals surface area (Å²) in [6.45, 7) is 6.49. The third-order valence-electron chi connectivity index (χ3n) is 3.49. The fourth-order valence-electron chi connectivity index (χ4n) is 2.35. The Kier molecular flexibility index (Phi) is 4.32. The topological polar surface area (TPSA) is 42.2 Å². The molecule has 90 valence electrons. The molecule has 0 atom stereocenters. The number of aryl methyl sites for hydroxylation is 1. The van der Waals surface area contributed by atoms with E-state index in [1.54, 1.807) is 11.3 Å². The lowest BCUT2D eigenvalue weighted by Gasteiger charge is -2.31. The summed E-state index contributed by atoms with van der Waals surface area (Å²) in [6, 6.07) is 0. The summed E-state index contributed by atoms with van der Waals surface area (Å²) in [5.74, 6) is 0.865. The normalized spacial score (nSPS) is 19.1. The Bertz CT molecular complexity index is 316. The summed E-state index contributed by atoms with van der Waals surface area (Å²) in [7, 11) is 0. The maximum Gasteiger partial charge on any atom is 0.0798 e. The number of hydrogen-bond acceptors (Lipinski definition) is 4. The lowest BCUT2D eigenvalue weighted by Crippen LogP contribution is -2.33. The van der Waals surface area contributed by atoms with Crippen molar-refractivity contribution < 1.29 is 0 Å².